The highest BCUT2D eigenvalue weighted by atomic mass is 32.2. The summed E-state index contributed by atoms with van der Waals surface area (Å²) in [4.78, 5) is 12.3. The van der Waals surface area contributed by atoms with Gasteiger partial charge in [-0.15, -0.1) is 0 Å². The first-order chi connectivity index (χ1) is 11.4. The number of carbonyl (C=O) groups is 1. The number of nitrogens with two attached hydrogens (primary N) is 1. The van der Waals surface area contributed by atoms with Gasteiger partial charge in [0.05, 0.1) is 4.90 Å². The van der Waals surface area contributed by atoms with Gasteiger partial charge in [0.1, 0.15) is 0 Å². The third kappa shape index (κ3) is 3.83. The van der Waals surface area contributed by atoms with Crippen LogP contribution in [-0.4, -0.2) is 20.9 Å². The molecule has 0 bridgehead atoms. The second kappa shape index (κ2) is 6.75. The minimum Gasteiger partial charge on any atom is -0.352 e. The lowest BCUT2D eigenvalue weighted by Gasteiger charge is -2.08. The standard InChI is InChI=1S/C18H20N2O3S/c19-24(22,23)17-8-4-13(5-9-17)10-11-20-18(21)16-7-6-14-2-1-3-15(14)12-16/h4-9,12H,1-3,10-11H2,(H,20,21)(H2,19,22,23). The van der Waals surface area contributed by atoms with Crippen LogP contribution in [0.1, 0.15) is 33.5 Å². The second-order valence-electron chi connectivity index (χ2n) is 6.03. The molecule has 0 radical (unpaired) electrons. The van der Waals surface area contributed by atoms with Crippen LogP contribution in [0.2, 0.25) is 0 Å². The number of amides is 1. The molecule has 0 fully saturated rings. The van der Waals surface area contributed by atoms with Crippen LogP contribution >= 0.6 is 0 Å². The largest absolute Gasteiger partial charge is 0.352 e. The van der Waals surface area contributed by atoms with Crippen molar-refractivity contribution in [2.45, 2.75) is 30.6 Å². The van der Waals surface area contributed by atoms with Gasteiger partial charge in [0, 0.05) is 12.1 Å². The number of sulfonamides is 1. The number of hydrogen-bond acceptors (Lipinski definition) is 3. The number of hydrogen-bond donors (Lipinski definition) is 2. The number of nitrogens with one attached hydrogen (secondary N) is 1. The zero-order valence-corrected chi connectivity index (χ0v) is 14.1. The van der Waals surface area contributed by atoms with Crippen LogP contribution in [0, 0.1) is 0 Å². The average molecular weight is 344 g/mol. The fourth-order valence-corrected chi connectivity index (χ4v) is 3.50. The Kier molecular flexibility index (Phi) is 4.69. The van der Waals surface area contributed by atoms with Crippen molar-refractivity contribution < 1.29 is 13.2 Å². The number of aryl methyl sites for hydroxylation is 2. The van der Waals surface area contributed by atoms with Crippen LogP contribution in [0.4, 0.5) is 0 Å². The van der Waals surface area contributed by atoms with Crippen molar-refractivity contribution in [3.8, 4) is 0 Å². The van der Waals surface area contributed by atoms with Gasteiger partial charge in [-0.05, 0) is 66.6 Å². The third-order valence-corrected chi connectivity index (χ3v) is 5.24. The summed E-state index contributed by atoms with van der Waals surface area (Å²) in [6.45, 7) is 0.491. The summed E-state index contributed by atoms with van der Waals surface area (Å²) in [5.74, 6) is -0.0779. The quantitative estimate of drug-likeness (QED) is 0.867. The summed E-state index contributed by atoms with van der Waals surface area (Å²) in [6.07, 6.45) is 3.94. The highest BCUT2D eigenvalue weighted by molar-refractivity contribution is 7.89. The van der Waals surface area contributed by atoms with Crippen molar-refractivity contribution in [3.63, 3.8) is 0 Å². The second-order valence-corrected chi connectivity index (χ2v) is 7.59. The van der Waals surface area contributed by atoms with Gasteiger partial charge in [-0.1, -0.05) is 18.2 Å². The molecule has 24 heavy (non-hydrogen) atoms. The lowest BCUT2D eigenvalue weighted by Crippen LogP contribution is -2.25. The molecule has 6 heteroatoms. The van der Waals surface area contributed by atoms with E-state index in [2.05, 4.69) is 5.32 Å². The molecule has 1 amide bonds. The summed E-state index contributed by atoms with van der Waals surface area (Å²) in [6, 6.07) is 12.3. The molecule has 3 rings (SSSR count). The first kappa shape index (κ1) is 16.7. The molecule has 0 spiro atoms. The number of benzene rings is 2. The van der Waals surface area contributed by atoms with Crippen molar-refractivity contribution in [2.75, 3.05) is 6.54 Å². The van der Waals surface area contributed by atoms with E-state index in [0.717, 1.165) is 24.8 Å². The predicted molar refractivity (Wildman–Crippen MR) is 92.3 cm³/mol. The van der Waals surface area contributed by atoms with Gasteiger partial charge in [0.15, 0.2) is 0 Å². The fraction of sp³-hybridized carbons (Fsp3) is 0.278. The number of carbonyl (C=O) groups excluding carboxylic acids is 1. The molecule has 0 aliphatic heterocycles. The topological polar surface area (TPSA) is 89.3 Å². The minimum absolute atomic E-state index is 0.0779. The SMILES string of the molecule is NS(=O)(=O)c1ccc(CCNC(=O)c2ccc3c(c2)CCC3)cc1. The van der Waals surface area contributed by atoms with E-state index in [9.17, 15) is 13.2 Å². The Labute approximate surface area is 141 Å². The highest BCUT2D eigenvalue weighted by Crippen LogP contribution is 2.22. The lowest BCUT2D eigenvalue weighted by atomic mass is 10.1. The van der Waals surface area contributed by atoms with Gasteiger partial charge in [0.25, 0.3) is 5.91 Å². The predicted octanol–water partition coefficient (Wildman–Crippen LogP) is 1.80. The van der Waals surface area contributed by atoms with Gasteiger partial charge in [-0.25, -0.2) is 13.6 Å². The molecule has 0 saturated heterocycles. The van der Waals surface area contributed by atoms with E-state index in [1.165, 1.54) is 23.3 Å². The van der Waals surface area contributed by atoms with Gasteiger partial charge in [-0.2, -0.15) is 0 Å². The van der Waals surface area contributed by atoms with Crippen molar-refractivity contribution in [3.05, 3.63) is 64.7 Å². The molecule has 126 valence electrons. The maximum absolute atomic E-state index is 12.2. The minimum atomic E-state index is -3.66. The summed E-state index contributed by atoms with van der Waals surface area (Å²) in [7, 11) is -3.66. The molecule has 1 aliphatic carbocycles. The average Bonchev–Trinajstić information content (AvgIpc) is 3.02. The molecule has 0 atom stereocenters. The number of primary sulfonamides is 1. The maximum atomic E-state index is 12.2. The zero-order valence-electron chi connectivity index (χ0n) is 13.3. The first-order valence-electron chi connectivity index (χ1n) is 7.95. The van der Waals surface area contributed by atoms with E-state index in [1.807, 2.05) is 18.2 Å². The van der Waals surface area contributed by atoms with Crippen LogP contribution in [0.5, 0.6) is 0 Å². The van der Waals surface area contributed by atoms with Crippen LogP contribution in [0.15, 0.2) is 47.4 Å². The van der Waals surface area contributed by atoms with Gasteiger partial charge < -0.3 is 5.32 Å². The van der Waals surface area contributed by atoms with E-state index < -0.39 is 10.0 Å². The Morgan fingerprint density at radius 1 is 1.04 bits per heavy atom. The molecule has 0 heterocycles. The van der Waals surface area contributed by atoms with Crippen LogP contribution in [0.3, 0.4) is 0 Å². The smallest absolute Gasteiger partial charge is 0.251 e. The van der Waals surface area contributed by atoms with Gasteiger partial charge in [0.2, 0.25) is 10.0 Å². The number of fused-ring (bicyclic) bond motifs is 1. The molecule has 2 aromatic rings. The normalized spacial score (nSPS) is 13.5. The molecular formula is C18H20N2O3S. The third-order valence-electron chi connectivity index (χ3n) is 4.31. The maximum Gasteiger partial charge on any atom is 0.251 e. The molecule has 1 aliphatic rings. The molecule has 0 saturated carbocycles. The van der Waals surface area contributed by atoms with Crippen molar-refractivity contribution in [1.82, 2.24) is 5.32 Å². The van der Waals surface area contributed by atoms with E-state index in [4.69, 9.17) is 5.14 Å². The molecule has 2 aromatic carbocycles. The van der Waals surface area contributed by atoms with Crippen LogP contribution in [-0.2, 0) is 29.3 Å². The highest BCUT2D eigenvalue weighted by Gasteiger charge is 2.13. The van der Waals surface area contributed by atoms with Crippen molar-refractivity contribution >= 4 is 15.9 Å². The van der Waals surface area contributed by atoms with E-state index in [-0.39, 0.29) is 10.8 Å². The Hall–Kier alpha value is -2.18. The molecular weight excluding hydrogens is 324 g/mol. The fourth-order valence-electron chi connectivity index (χ4n) is 2.98. The number of rotatable bonds is 5. The molecule has 5 nitrogen and oxygen atoms in total. The van der Waals surface area contributed by atoms with Crippen molar-refractivity contribution in [2.24, 2.45) is 5.14 Å². The Morgan fingerprint density at radius 2 is 1.75 bits per heavy atom. The Morgan fingerprint density at radius 3 is 2.46 bits per heavy atom. The van der Waals surface area contributed by atoms with E-state index in [0.29, 0.717) is 18.5 Å². The molecule has 0 aromatic heterocycles. The van der Waals surface area contributed by atoms with E-state index in [1.54, 1.807) is 12.1 Å². The molecule has 3 N–H and O–H groups in total. The summed E-state index contributed by atoms with van der Waals surface area (Å²) < 4.78 is 22.4. The van der Waals surface area contributed by atoms with Gasteiger partial charge >= 0.3 is 0 Å². The summed E-state index contributed by atoms with van der Waals surface area (Å²) >= 11 is 0. The van der Waals surface area contributed by atoms with Gasteiger partial charge in [-0.3, -0.25) is 4.79 Å². The van der Waals surface area contributed by atoms with Crippen molar-refractivity contribution in [1.29, 1.82) is 0 Å². The monoisotopic (exact) mass is 344 g/mol. The first-order valence-corrected chi connectivity index (χ1v) is 9.50. The lowest BCUT2D eigenvalue weighted by molar-refractivity contribution is 0.0954. The Bertz CT molecular complexity index is 858. The van der Waals surface area contributed by atoms with Crippen LogP contribution < -0.4 is 10.5 Å². The zero-order chi connectivity index (χ0) is 17.2. The molecule has 0 unspecified atom stereocenters. The summed E-state index contributed by atoms with van der Waals surface area (Å²) in [5, 5.41) is 7.97. The Balaban J connectivity index is 1.55. The van der Waals surface area contributed by atoms with E-state index >= 15 is 0 Å². The van der Waals surface area contributed by atoms with Crippen LogP contribution in [0.25, 0.3) is 0 Å². The summed E-state index contributed by atoms with van der Waals surface area (Å²) in [5.41, 5.74) is 4.26.